The standard InChI is InChI=1S/C10H19N3O3/c1-10(2,3)16-9(15)13-7-4-8(14)12-5-6(7)11/h6-7H,4-5,11H2,1-3H3,(H,12,14)(H,13,15)/t6-,7-/m1/s1. The van der Waals surface area contributed by atoms with Gasteiger partial charge in [-0.05, 0) is 20.8 Å². The van der Waals surface area contributed by atoms with E-state index in [1.54, 1.807) is 20.8 Å². The van der Waals surface area contributed by atoms with Crippen LogP contribution in [0.5, 0.6) is 0 Å². The lowest BCUT2D eigenvalue weighted by atomic mass is 10.0. The molecular formula is C10H19N3O3. The van der Waals surface area contributed by atoms with Crippen LogP contribution in [0.3, 0.4) is 0 Å². The lowest BCUT2D eigenvalue weighted by Crippen LogP contribution is -2.58. The monoisotopic (exact) mass is 229 g/mol. The average molecular weight is 229 g/mol. The van der Waals surface area contributed by atoms with Crippen LogP contribution >= 0.6 is 0 Å². The molecule has 0 unspecified atom stereocenters. The molecule has 1 rings (SSSR count). The van der Waals surface area contributed by atoms with E-state index in [4.69, 9.17) is 10.5 Å². The molecule has 1 saturated heterocycles. The SMILES string of the molecule is CC(C)(C)OC(=O)N[C@@H]1CC(=O)NC[C@H]1N. The van der Waals surface area contributed by atoms with E-state index in [-0.39, 0.29) is 24.4 Å². The molecule has 0 aromatic heterocycles. The van der Waals surface area contributed by atoms with Crippen LogP contribution in [-0.2, 0) is 9.53 Å². The highest BCUT2D eigenvalue weighted by molar-refractivity contribution is 5.79. The lowest BCUT2D eigenvalue weighted by molar-refractivity contribution is -0.123. The predicted molar refractivity (Wildman–Crippen MR) is 58.8 cm³/mol. The van der Waals surface area contributed by atoms with Crippen LogP contribution in [0.25, 0.3) is 0 Å². The smallest absolute Gasteiger partial charge is 0.407 e. The largest absolute Gasteiger partial charge is 0.444 e. The van der Waals surface area contributed by atoms with Gasteiger partial charge in [0.2, 0.25) is 5.91 Å². The first-order chi connectivity index (χ1) is 7.28. The van der Waals surface area contributed by atoms with Crippen molar-refractivity contribution in [1.29, 1.82) is 0 Å². The molecule has 4 N–H and O–H groups in total. The van der Waals surface area contributed by atoms with Crippen molar-refractivity contribution in [3.8, 4) is 0 Å². The summed E-state index contributed by atoms with van der Waals surface area (Å²) in [6.07, 6.45) is -0.344. The predicted octanol–water partition coefficient (Wildman–Crippen LogP) is -0.273. The number of nitrogens with two attached hydrogens (primary N) is 1. The fraction of sp³-hybridized carbons (Fsp3) is 0.800. The summed E-state index contributed by atoms with van der Waals surface area (Å²) in [6, 6.07) is -0.631. The van der Waals surface area contributed by atoms with E-state index in [9.17, 15) is 9.59 Å². The number of nitrogens with one attached hydrogen (secondary N) is 2. The van der Waals surface area contributed by atoms with Gasteiger partial charge in [-0.2, -0.15) is 0 Å². The topological polar surface area (TPSA) is 93.4 Å². The number of hydrogen-bond acceptors (Lipinski definition) is 4. The number of amides is 2. The quantitative estimate of drug-likeness (QED) is 0.577. The summed E-state index contributed by atoms with van der Waals surface area (Å²) in [7, 11) is 0. The van der Waals surface area contributed by atoms with Gasteiger partial charge in [0.05, 0.1) is 6.04 Å². The van der Waals surface area contributed by atoms with Crippen LogP contribution in [0, 0.1) is 0 Å². The van der Waals surface area contributed by atoms with Gasteiger partial charge in [-0.25, -0.2) is 4.79 Å². The molecule has 2 amide bonds. The van der Waals surface area contributed by atoms with Gasteiger partial charge in [0.25, 0.3) is 0 Å². The number of hydrogen-bond donors (Lipinski definition) is 3. The van der Waals surface area contributed by atoms with Gasteiger partial charge in [-0.1, -0.05) is 0 Å². The van der Waals surface area contributed by atoms with Crippen molar-refractivity contribution in [2.24, 2.45) is 5.73 Å². The molecule has 0 aromatic rings. The third-order valence-corrected chi connectivity index (χ3v) is 2.16. The molecule has 1 fully saturated rings. The van der Waals surface area contributed by atoms with E-state index in [0.717, 1.165) is 0 Å². The van der Waals surface area contributed by atoms with Gasteiger partial charge in [0.1, 0.15) is 5.60 Å². The van der Waals surface area contributed by atoms with Crippen LogP contribution in [0.1, 0.15) is 27.2 Å². The summed E-state index contributed by atoms with van der Waals surface area (Å²) < 4.78 is 5.09. The summed E-state index contributed by atoms with van der Waals surface area (Å²) >= 11 is 0. The normalized spacial score (nSPS) is 25.9. The van der Waals surface area contributed by atoms with Crippen molar-refractivity contribution in [2.45, 2.75) is 44.9 Å². The fourth-order valence-corrected chi connectivity index (χ4v) is 1.41. The number of alkyl carbamates (subject to hydrolysis) is 1. The zero-order valence-electron chi connectivity index (χ0n) is 9.87. The van der Waals surface area contributed by atoms with Crippen molar-refractivity contribution < 1.29 is 14.3 Å². The Hall–Kier alpha value is -1.30. The third-order valence-electron chi connectivity index (χ3n) is 2.16. The molecule has 0 aliphatic carbocycles. The first-order valence-corrected chi connectivity index (χ1v) is 5.30. The average Bonchev–Trinajstić information content (AvgIpc) is 2.08. The number of carbonyl (C=O) groups is 2. The van der Waals surface area contributed by atoms with Crippen molar-refractivity contribution in [1.82, 2.24) is 10.6 Å². The Balaban J connectivity index is 2.46. The molecule has 0 aromatic carbocycles. The molecule has 2 atom stereocenters. The van der Waals surface area contributed by atoms with E-state index in [1.807, 2.05) is 0 Å². The summed E-state index contributed by atoms with van der Waals surface area (Å²) in [5.74, 6) is -0.109. The maximum Gasteiger partial charge on any atom is 0.407 e. The Morgan fingerprint density at radius 2 is 2.19 bits per heavy atom. The highest BCUT2D eigenvalue weighted by atomic mass is 16.6. The Kier molecular flexibility index (Phi) is 3.74. The van der Waals surface area contributed by atoms with E-state index in [1.165, 1.54) is 0 Å². The zero-order valence-corrected chi connectivity index (χ0v) is 9.87. The van der Waals surface area contributed by atoms with E-state index >= 15 is 0 Å². The number of carbonyl (C=O) groups excluding carboxylic acids is 2. The molecule has 6 nitrogen and oxygen atoms in total. The zero-order chi connectivity index (χ0) is 12.3. The minimum atomic E-state index is -0.550. The molecule has 0 bridgehead atoms. The molecule has 0 saturated carbocycles. The number of piperidine rings is 1. The lowest BCUT2D eigenvalue weighted by Gasteiger charge is -2.30. The second kappa shape index (κ2) is 4.69. The van der Waals surface area contributed by atoms with Crippen LogP contribution in [0.15, 0.2) is 0 Å². The molecule has 16 heavy (non-hydrogen) atoms. The molecule has 0 radical (unpaired) electrons. The van der Waals surface area contributed by atoms with Crippen molar-refractivity contribution >= 4 is 12.0 Å². The van der Waals surface area contributed by atoms with Gasteiger partial charge in [0, 0.05) is 19.0 Å². The van der Waals surface area contributed by atoms with Gasteiger partial charge >= 0.3 is 6.09 Å². The van der Waals surface area contributed by atoms with Crippen molar-refractivity contribution in [2.75, 3.05) is 6.54 Å². The molecule has 1 aliphatic rings. The van der Waals surface area contributed by atoms with Crippen molar-refractivity contribution in [3.63, 3.8) is 0 Å². The van der Waals surface area contributed by atoms with E-state index in [2.05, 4.69) is 10.6 Å². The molecular weight excluding hydrogens is 210 g/mol. The van der Waals surface area contributed by atoms with E-state index in [0.29, 0.717) is 6.54 Å². The highest BCUT2D eigenvalue weighted by Gasteiger charge is 2.29. The molecule has 1 aliphatic heterocycles. The first kappa shape index (κ1) is 12.8. The van der Waals surface area contributed by atoms with Gasteiger partial charge in [-0.15, -0.1) is 0 Å². The maximum atomic E-state index is 11.5. The Bertz CT molecular complexity index is 286. The molecule has 0 spiro atoms. The molecule has 6 heteroatoms. The summed E-state index contributed by atoms with van der Waals surface area (Å²) in [6.45, 7) is 5.71. The summed E-state index contributed by atoms with van der Waals surface area (Å²) in [5, 5.41) is 5.24. The van der Waals surface area contributed by atoms with Crippen molar-refractivity contribution in [3.05, 3.63) is 0 Å². The number of ether oxygens (including phenoxy) is 1. The van der Waals surface area contributed by atoms with E-state index < -0.39 is 11.7 Å². The second-order valence-electron chi connectivity index (χ2n) is 4.92. The van der Waals surface area contributed by atoms with Crippen LogP contribution in [0.2, 0.25) is 0 Å². The van der Waals surface area contributed by atoms with Crippen LogP contribution in [0.4, 0.5) is 4.79 Å². The number of rotatable bonds is 1. The minimum Gasteiger partial charge on any atom is -0.444 e. The third kappa shape index (κ3) is 4.06. The second-order valence-corrected chi connectivity index (χ2v) is 4.92. The summed E-state index contributed by atoms with van der Waals surface area (Å²) in [4.78, 5) is 22.6. The Labute approximate surface area is 94.9 Å². The highest BCUT2D eigenvalue weighted by Crippen LogP contribution is 2.08. The minimum absolute atomic E-state index is 0.109. The van der Waals surface area contributed by atoms with Crippen LogP contribution in [-0.4, -0.2) is 36.2 Å². The molecule has 1 heterocycles. The fourth-order valence-electron chi connectivity index (χ4n) is 1.41. The van der Waals surface area contributed by atoms with Crippen LogP contribution < -0.4 is 16.4 Å². The van der Waals surface area contributed by atoms with Gasteiger partial charge in [-0.3, -0.25) is 4.79 Å². The maximum absolute atomic E-state index is 11.5. The van der Waals surface area contributed by atoms with Gasteiger partial charge < -0.3 is 21.1 Å². The van der Waals surface area contributed by atoms with Gasteiger partial charge in [0.15, 0.2) is 0 Å². The first-order valence-electron chi connectivity index (χ1n) is 5.30. The Morgan fingerprint density at radius 1 is 1.56 bits per heavy atom. The Morgan fingerprint density at radius 3 is 2.75 bits per heavy atom. The summed E-state index contributed by atoms with van der Waals surface area (Å²) in [5.41, 5.74) is 5.22. The molecule has 92 valence electrons.